The van der Waals surface area contributed by atoms with Gasteiger partial charge in [0.1, 0.15) is 12.3 Å². The van der Waals surface area contributed by atoms with Crippen LogP contribution in [0.15, 0.2) is 12.7 Å². The van der Waals surface area contributed by atoms with Gasteiger partial charge in [-0.1, -0.05) is 6.58 Å². The minimum absolute atomic E-state index is 0.0949. The first-order valence-electron chi connectivity index (χ1n) is 4.19. The molecule has 0 unspecified atom stereocenters. The first kappa shape index (κ1) is 9.23. The molecule has 0 spiro atoms. The molecule has 0 radical (unpaired) electrons. The Labute approximate surface area is 71.4 Å². The van der Waals surface area contributed by atoms with Crippen molar-refractivity contribution in [2.75, 3.05) is 0 Å². The fourth-order valence-electron chi connectivity index (χ4n) is 1.35. The van der Waals surface area contributed by atoms with Crippen molar-refractivity contribution >= 4 is 5.97 Å². The van der Waals surface area contributed by atoms with Gasteiger partial charge in [0, 0.05) is 6.08 Å². The molecule has 0 aromatic carbocycles. The van der Waals surface area contributed by atoms with Gasteiger partial charge in [-0.2, -0.15) is 0 Å². The summed E-state index contributed by atoms with van der Waals surface area (Å²) >= 11 is 0. The van der Waals surface area contributed by atoms with Crippen molar-refractivity contribution in [2.24, 2.45) is 0 Å². The highest BCUT2D eigenvalue weighted by molar-refractivity contribution is 5.81. The van der Waals surface area contributed by atoms with Gasteiger partial charge in [0.2, 0.25) is 0 Å². The molecule has 0 amide bonds. The predicted molar refractivity (Wildman–Crippen MR) is 43.4 cm³/mol. The summed E-state index contributed by atoms with van der Waals surface area (Å²) in [7, 11) is 0. The van der Waals surface area contributed by atoms with Gasteiger partial charge in [0.05, 0.1) is 0 Å². The van der Waals surface area contributed by atoms with Gasteiger partial charge in [0.15, 0.2) is 0 Å². The van der Waals surface area contributed by atoms with E-state index in [0.717, 1.165) is 6.08 Å². The maximum Gasteiger partial charge on any atom is 0.330 e. The van der Waals surface area contributed by atoms with Crippen LogP contribution < -0.4 is 0 Å². The molecule has 12 heavy (non-hydrogen) atoms. The van der Waals surface area contributed by atoms with E-state index in [1.165, 1.54) is 0 Å². The van der Waals surface area contributed by atoms with E-state index in [1.807, 2.05) is 0 Å². The molecule has 3 heteroatoms. The number of ether oxygens (including phenoxy) is 1. The standard InChI is InChI=1S/C9H13FO2/c1-2-9(11)12-8-5-3-7(10)4-6-8/h2,7-8H,1,3-6H2. The molecule has 0 N–H and O–H groups in total. The van der Waals surface area contributed by atoms with Gasteiger partial charge in [-0.05, 0) is 25.7 Å². The number of carbonyl (C=O) groups is 1. The molecule has 0 aromatic heterocycles. The van der Waals surface area contributed by atoms with Crippen molar-refractivity contribution in [3.63, 3.8) is 0 Å². The molecule has 0 heterocycles. The molecule has 0 aromatic rings. The van der Waals surface area contributed by atoms with Crippen LogP contribution in [0.4, 0.5) is 4.39 Å². The average Bonchev–Trinajstić information content (AvgIpc) is 2.09. The second-order valence-corrected chi connectivity index (χ2v) is 3.02. The quantitative estimate of drug-likeness (QED) is 0.470. The zero-order chi connectivity index (χ0) is 8.97. The summed E-state index contributed by atoms with van der Waals surface area (Å²) in [6, 6.07) is 0. The Bertz CT molecular complexity index is 171. The zero-order valence-corrected chi connectivity index (χ0v) is 6.96. The number of carbonyl (C=O) groups excluding carboxylic acids is 1. The zero-order valence-electron chi connectivity index (χ0n) is 6.96. The van der Waals surface area contributed by atoms with E-state index >= 15 is 0 Å². The number of hydrogen-bond acceptors (Lipinski definition) is 2. The number of hydrogen-bond donors (Lipinski definition) is 0. The van der Waals surface area contributed by atoms with Crippen molar-refractivity contribution < 1.29 is 13.9 Å². The van der Waals surface area contributed by atoms with Crippen LogP contribution >= 0.6 is 0 Å². The van der Waals surface area contributed by atoms with Crippen molar-refractivity contribution in [3.05, 3.63) is 12.7 Å². The molecule has 68 valence electrons. The molecule has 2 nitrogen and oxygen atoms in total. The van der Waals surface area contributed by atoms with E-state index in [9.17, 15) is 9.18 Å². The molecule has 1 fully saturated rings. The van der Waals surface area contributed by atoms with Crippen molar-refractivity contribution in [2.45, 2.75) is 38.0 Å². The Morgan fingerprint density at radius 2 is 2.00 bits per heavy atom. The summed E-state index contributed by atoms with van der Waals surface area (Å²) in [5.74, 6) is -0.405. The summed E-state index contributed by atoms with van der Waals surface area (Å²) in [6.07, 6.45) is 2.64. The molecule has 1 rings (SSSR count). The van der Waals surface area contributed by atoms with Gasteiger partial charge >= 0.3 is 5.97 Å². The Hall–Kier alpha value is -0.860. The molecule has 0 saturated heterocycles. The third-order valence-corrected chi connectivity index (χ3v) is 2.05. The highest BCUT2D eigenvalue weighted by Gasteiger charge is 2.22. The van der Waals surface area contributed by atoms with Gasteiger partial charge in [-0.15, -0.1) is 0 Å². The fraction of sp³-hybridized carbons (Fsp3) is 0.667. The second kappa shape index (κ2) is 4.24. The maximum atomic E-state index is 12.6. The number of halogens is 1. The number of esters is 1. The molecular weight excluding hydrogens is 159 g/mol. The fourth-order valence-corrected chi connectivity index (χ4v) is 1.35. The SMILES string of the molecule is C=CC(=O)OC1CCC(F)CC1. The van der Waals surface area contributed by atoms with Gasteiger partial charge in [-0.3, -0.25) is 0 Å². The topological polar surface area (TPSA) is 26.3 Å². The lowest BCUT2D eigenvalue weighted by molar-refractivity contribution is -0.144. The van der Waals surface area contributed by atoms with Crippen LogP contribution in [0.25, 0.3) is 0 Å². The van der Waals surface area contributed by atoms with E-state index in [4.69, 9.17) is 4.74 Å². The lowest BCUT2D eigenvalue weighted by atomic mass is 9.96. The molecule has 0 bridgehead atoms. The van der Waals surface area contributed by atoms with Crippen LogP contribution in [0.1, 0.15) is 25.7 Å². The smallest absolute Gasteiger partial charge is 0.330 e. The molecule has 1 aliphatic rings. The molecular formula is C9H13FO2. The minimum atomic E-state index is -0.705. The summed E-state index contributed by atoms with van der Waals surface area (Å²) in [5.41, 5.74) is 0. The van der Waals surface area contributed by atoms with Gasteiger partial charge < -0.3 is 4.74 Å². The van der Waals surface area contributed by atoms with Crippen LogP contribution in [-0.2, 0) is 9.53 Å². The van der Waals surface area contributed by atoms with Gasteiger partial charge in [-0.25, -0.2) is 9.18 Å². The maximum absolute atomic E-state index is 12.6. The summed E-state index contributed by atoms with van der Waals surface area (Å²) in [6.45, 7) is 3.29. The molecule has 1 aliphatic carbocycles. The summed E-state index contributed by atoms with van der Waals surface area (Å²) in [5, 5.41) is 0. The Morgan fingerprint density at radius 1 is 1.42 bits per heavy atom. The first-order valence-corrected chi connectivity index (χ1v) is 4.19. The highest BCUT2D eigenvalue weighted by Crippen LogP contribution is 2.23. The lowest BCUT2D eigenvalue weighted by Crippen LogP contribution is -2.24. The summed E-state index contributed by atoms with van der Waals surface area (Å²) < 4.78 is 17.6. The highest BCUT2D eigenvalue weighted by atomic mass is 19.1. The third kappa shape index (κ3) is 2.64. The summed E-state index contributed by atoms with van der Waals surface area (Å²) in [4.78, 5) is 10.7. The van der Waals surface area contributed by atoms with Crippen LogP contribution in [0.2, 0.25) is 0 Å². The number of alkyl halides is 1. The second-order valence-electron chi connectivity index (χ2n) is 3.02. The Morgan fingerprint density at radius 3 is 2.50 bits per heavy atom. The van der Waals surface area contributed by atoms with Crippen molar-refractivity contribution in [1.82, 2.24) is 0 Å². The lowest BCUT2D eigenvalue weighted by Gasteiger charge is -2.23. The normalized spacial score (nSPS) is 29.4. The van der Waals surface area contributed by atoms with Crippen LogP contribution in [0.5, 0.6) is 0 Å². The van der Waals surface area contributed by atoms with Crippen molar-refractivity contribution in [1.29, 1.82) is 0 Å². The van der Waals surface area contributed by atoms with E-state index in [2.05, 4.69) is 6.58 Å². The molecule has 1 saturated carbocycles. The average molecular weight is 172 g/mol. The minimum Gasteiger partial charge on any atom is -0.459 e. The Kier molecular flexibility index (Phi) is 3.26. The first-order chi connectivity index (χ1) is 5.72. The van der Waals surface area contributed by atoms with E-state index in [-0.39, 0.29) is 6.10 Å². The van der Waals surface area contributed by atoms with Crippen LogP contribution in [-0.4, -0.2) is 18.2 Å². The third-order valence-electron chi connectivity index (χ3n) is 2.05. The van der Waals surface area contributed by atoms with Crippen LogP contribution in [0, 0.1) is 0 Å². The monoisotopic (exact) mass is 172 g/mol. The van der Waals surface area contributed by atoms with E-state index in [0.29, 0.717) is 25.7 Å². The number of rotatable bonds is 2. The van der Waals surface area contributed by atoms with Crippen LogP contribution in [0.3, 0.4) is 0 Å². The van der Waals surface area contributed by atoms with Gasteiger partial charge in [0.25, 0.3) is 0 Å². The van der Waals surface area contributed by atoms with Crippen molar-refractivity contribution in [3.8, 4) is 0 Å². The molecule has 0 atom stereocenters. The van der Waals surface area contributed by atoms with E-state index in [1.54, 1.807) is 0 Å². The van der Waals surface area contributed by atoms with E-state index < -0.39 is 12.1 Å². The predicted octanol–water partition coefficient (Wildman–Crippen LogP) is 2.00. The molecule has 0 aliphatic heterocycles. The largest absolute Gasteiger partial charge is 0.459 e. The Balaban J connectivity index is 2.26.